The van der Waals surface area contributed by atoms with E-state index in [0.717, 1.165) is 12.1 Å². The third kappa shape index (κ3) is 3.63. The molecule has 0 unspecified atom stereocenters. The highest BCUT2D eigenvalue weighted by atomic mass is 79.9. The van der Waals surface area contributed by atoms with Gasteiger partial charge in [-0.15, -0.1) is 0 Å². The van der Waals surface area contributed by atoms with Gasteiger partial charge in [0.05, 0.1) is 6.61 Å². The summed E-state index contributed by atoms with van der Waals surface area (Å²) in [5.74, 6) is -2.11. The van der Waals surface area contributed by atoms with Gasteiger partial charge in [-0.05, 0) is 18.6 Å². The van der Waals surface area contributed by atoms with E-state index < -0.39 is 24.1 Å². The summed E-state index contributed by atoms with van der Waals surface area (Å²) in [5, 5.41) is 0.139. The molecule has 0 bridgehead atoms. The van der Waals surface area contributed by atoms with Crippen molar-refractivity contribution in [1.29, 1.82) is 0 Å². The van der Waals surface area contributed by atoms with Gasteiger partial charge in [0.1, 0.15) is 17.1 Å². The van der Waals surface area contributed by atoms with Crippen LogP contribution in [0.3, 0.4) is 0 Å². The highest BCUT2D eigenvalue weighted by Gasteiger charge is 2.20. The van der Waals surface area contributed by atoms with Crippen LogP contribution in [0.25, 0.3) is 0 Å². The first-order valence-electron chi connectivity index (χ1n) is 4.99. The third-order valence-corrected chi connectivity index (χ3v) is 2.61. The van der Waals surface area contributed by atoms with Crippen LogP contribution in [0.2, 0.25) is 0 Å². The molecule has 0 amide bonds. The smallest absolute Gasteiger partial charge is 0.387 e. The van der Waals surface area contributed by atoms with Crippen LogP contribution in [-0.4, -0.2) is 19.2 Å². The number of carbonyl (C=O) groups excluding carboxylic acids is 1. The molecule has 0 saturated carbocycles. The number of alkyl halides is 3. The minimum atomic E-state index is -3.15. The molecule has 0 N–H and O–H groups in total. The van der Waals surface area contributed by atoms with E-state index in [1.54, 1.807) is 6.92 Å². The predicted octanol–water partition coefficient (Wildman–Crippen LogP) is 3.50. The molecule has 1 rings (SSSR count). The van der Waals surface area contributed by atoms with Gasteiger partial charge in [0, 0.05) is 11.4 Å². The van der Waals surface area contributed by atoms with Crippen molar-refractivity contribution in [1.82, 2.24) is 0 Å². The number of carbonyl (C=O) groups is 1. The van der Waals surface area contributed by atoms with E-state index in [0.29, 0.717) is 0 Å². The Morgan fingerprint density at radius 3 is 2.61 bits per heavy atom. The van der Waals surface area contributed by atoms with Crippen LogP contribution in [0.4, 0.5) is 13.2 Å². The Bertz CT molecular complexity index is 438. The number of hydrogen-bond donors (Lipinski definition) is 0. The molecule has 0 saturated heterocycles. The highest BCUT2D eigenvalue weighted by molar-refractivity contribution is 9.08. The van der Waals surface area contributed by atoms with E-state index in [9.17, 15) is 18.0 Å². The van der Waals surface area contributed by atoms with Crippen molar-refractivity contribution in [3.05, 3.63) is 29.1 Å². The lowest BCUT2D eigenvalue weighted by Gasteiger charge is -2.11. The number of esters is 1. The van der Waals surface area contributed by atoms with E-state index in [-0.39, 0.29) is 23.1 Å². The molecule has 18 heavy (non-hydrogen) atoms. The van der Waals surface area contributed by atoms with Crippen LogP contribution in [0, 0.1) is 5.82 Å². The van der Waals surface area contributed by atoms with Gasteiger partial charge >= 0.3 is 12.6 Å². The highest BCUT2D eigenvalue weighted by Crippen LogP contribution is 2.26. The minimum Gasteiger partial charge on any atom is -0.462 e. The molecule has 1 aromatic carbocycles. The zero-order valence-corrected chi connectivity index (χ0v) is 11.0. The minimum absolute atomic E-state index is 0.0774. The van der Waals surface area contributed by atoms with Crippen molar-refractivity contribution >= 4 is 21.9 Å². The van der Waals surface area contributed by atoms with E-state index in [2.05, 4.69) is 25.4 Å². The average molecular weight is 327 g/mol. The maximum Gasteiger partial charge on any atom is 0.387 e. The summed E-state index contributed by atoms with van der Waals surface area (Å²) in [6.45, 7) is -1.50. The molecular formula is C11H10BrF3O3. The van der Waals surface area contributed by atoms with Crippen molar-refractivity contribution in [3.8, 4) is 5.75 Å². The maximum absolute atomic E-state index is 13.4. The first-order chi connectivity index (χ1) is 8.49. The van der Waals surface area contributed by atoms with Crippen LogP contribution in [-0.2, 0) is 10.1 Å². The molecule has 1 aromatic rings. The van der Waals surface area contributed by atoms with Crippen LogP contribution < -0.4 is 4.74 Å². The molecule has 0 aliphatic heterocycles. The number of halogens is 4. The SMILES string of the molecule is CCOC(=O)c1cc(CBr)c(F)cc1OC(F)F. The third-order valence-electron chi connectivity index (χ3n) is 2.00. The lowest BCUT2D eigenvalue weighted by Crippen LogP contribution is -2.11. The van der Waals surface area contributed by atoms with Crippen LogP contribution in [0.15, 0.2) is 12.1 Å². The quantitative estimate of drug-likeness (QED) is 0.613. The molecule has 0 aromatic heterocycles. The first-order valence-corrected chi connectivity index (χ1v) is 6.12. The molecular weight excluding hydrogens is 317 g/mol. The number of hydrogen-bond acceptors (Lipinski definition) is 3. The first kappa shape index (κ1) is 14.8. The molecule has 0 heterocycles. The molecule has 0 atom stereocenters. The second-order valence-corrected chi connectivity index (χ2v) is 3.73. The number of ether oxygens (including phenoxy) is 2. The van der Waals surface area contributed by atoms with Gasteiger partial charge in [-0.25, -0.2) is 9.18 Å². The summed E-state index contributed by atoms with van der Waals surface area (Å²) in [7, 11) is 0. The Morgan fingerprint density at radius 1 is 1.44 bits per heavy atom. The van der Waals surface area contributed by atoms with Gasteiger partial charge in [0.2, 0.25) is 0 Å². The molecule has 0 aliphatic rings. The molecule has 0 fully saturated rings. The molecule has 0 radical (unpaired) electrons. The fourth-order valence-electron chi connectivity index (χ4n) is 1.26. The van der Waals surface area contributed by atoms with Crippen molar-refractivity contribution in [2.45, 2.75) is 18.9 Å². The second-order valence-electron chi connectivity index (χ2n) is 3.17. The van der Waals surface area contributed by atoms with Gasteiger partial charge in [0.25, 0.3) is 0 Å². The fraction of sp³-hybridized carbons (Fsp3) is 0.364. The van der Waals surface area contributed by atoms with Crippen LogP contribution in [0.1, 0.15) is 22.8 Å². The Hall–Kier alpha value is -1.24. The van der Waals surface area contributed by atoms with Gasteiger partial charge in [-0.3, -0.25) is 0 Å². The lowest BCUT2D eigenvalue weighted by molar-refractivity contribution is -0.0506. The summed E-state index contributed by atoms with van der Waals surface area (Å²) in [5.41, 5.74) is -0.0762. The van der Waals surface area contributed by atoms with Crippen molar-refractivity contribution in [2.24, 2.45) is 0 Å². The Labute approximate surface area is 110 Å². The van der Waals surface area contributed by atoms with E-state index in [1.165, 1.54) is 0 Å². The zero-order valence-electron chi connectivity index (χ0n) is 9.38. The largest absolute Gasteiger partial charge is 0.462 e. The topological polar surface area (TPSA) is 35.5 Å². The van der Waals surface area contributed by atoms with Crippen molar-refractivity contribution in [2.75, 3.05) is 6.61 Å². The Morgan fingerprint density at radius 2 is 2.11 bits per heavy atom. The van der Waals surface area contributed by atoms with Crippen LogP contribution >= 0.6 is 15.9 Å². The lowest BCUT2D eigenvalue weighted by atomic mass is 10.1. The molecule has 3 nitrogen and oxygen atoms in total. The summed E-state index contributed by atoms with van der Waals surface area (Å²) in [6.07, 6.45) is 0. The van der Waals surface area contributed by atoms with Crippen molar-refractivity contribution in [3.63, 3.8) is 0 Å². The molecule has 0 aliphatic carbocycles. The average Bonchev–Trinajstić information content (AvgIpc) is 2.28. The predicted molar refractivity (Wildman–Crippen MR) is 61.6 cm³/mol. The summed E-state index contributed by atoms with van der Waals surface area (Å²) in [6, 6.07) is 1.87. The zero-order chi connectivity index (χ0) is 13.7. The van der Waals surface area contributed by atoms with Gasteiger partial charge in [-0.1, -0.05) is 15.9 Å². The monoisotopic (exact) mass is 326 g/mol. The van der Waals surface area contributed by atoms with Gasteiger partial charge < -0.3 is 9.47 Å². The summed E-state index contributed by atoms with van der Waals surface area (Å²) in [4.78, 5) is 11.5. The molecule has 0 spiro atoms. The second kappa shape index (κ2) is 6.63. The van der Waals surface area contributed by atoms with Crippen molar-refractivity contribution < 1.29 is 27.4 Å². The van der Waals surface area contributed by atoms with E-state index in [4.69, 9.17) is 0 Å². The van der Waals surface area contributed by atoms with Gasteiger partial charge in [0.15, 0.2) is 0 Å². The standard InChI is InChI=1S/C11H10BrF3O3/c1-2-17-10(16)7-3-6(5-12)8(13)4-9(7)18-11(14)15/h3-4,11H,2,5H2,1H3. The number of benzene rings is 1. The Kier molecular flexibility index (Phi) is 5.46. The van der Waals surface area contributed by atoms with E-state index >= 15 is 0 Å². The van der Waals surface area contributed by atoms with E-state index in [1.807, 2.05) is 0 Å². The fourth-order valence-corrected chi connectivity index (χ4v) is 1.69. The molecule has 100 valence electrons. The summed E-state index contributed by atoms with van der Waals surface area (Å²) >= 11 is 3.02. The number of rotatable bonds is 5. The molecule has 7 heteroatoms. The maximum atomic E-state index is 13.4. The Balaban J connectivity index is 3.20. The summed E-state index contributed by atoms with van der Waals surface area (Å²) < 4.78 is 46.5. The van der Waals surface area contributed by atoms with Gasteiger partial charge in [-0.2, -0.15) is 8.78 Å². The normalized spacial score (nSPS) is 10.6. The van der Waals surface area contributed by atoms with Crippen LogP contribution in [0.5, 0.6) is 5.75 Å².